The maximum atomic E-state index is 12.7. The molecule has 52 heavy (non-hydrogen) atoms. The number of carbonyl (C=O) groups excluding carboxylic acids is 1. The first kappa shape index (κ1) is 42.7. The minimum absolute atomic E-state index is 0.0115. The van der Waals surface area contributed by atoms with Crippen LogP contribution in [-0.4, -0.2) is 55.7 Å². The van der Waals surface area contributed by atoms with E-state index in [9.17, 15) is 14.7 Å². The zero-order chi connectivity index (χ0) is 39.0. The summed E-state index contributed by atoms with van der Waals surface area (Å²) in [6.07, 6.45) is 10.5. The number of esters is 1. The standard InChI is InChI=1S/C39H46N4O4.C2H6.CH2O2/c1-9-13-23(4)32-22-37-31(16-17-38(44)45)26(7)35(43-37)21-33-24(5)18-27(39(46)47-8)14-12-15-29(41-33)20-34-25(6)30(11-3)36(42-34)19-28(10-2)40-32;1-2;2-1-3/h11-12,14-15,19-22,24,42-43H,3-4,9-10,13,16-18H2,1-2,5-8H3,(H,44,45);1-2H3;1H,(H,2,3)/b15-12+,27-14+,28-19?,29-20?,32-22?,33-21?,34-20?,35-21?,36-19?,37-22?,40-28?,40-32?,41-29?,41-33?;;. The monoisotopic (exact) mass is 710 g/mol. The highest BCUT2D eigenvalue weighted by Crippen LogP contribution is 2.29. The average Bonchev–Trinajstić information content (AvgIpc) is 3.60. The molecule has 6 bridgehead atoms. The molecule has 1 atom stereocenters. The Balaban J connectivity index is 0.00000178. The highest BCUT2D eigenvalue weighted by molar-refractivity contribution is 5.89. The third-order valence-electron chi connectivity index (χ3n) is 8.63. The maximum Gasteiger partial charge on any atom is 0.333 e. The summed E-state index contributed by atoms with van der Waals surface area (Å²) in [7, 11) is 1.39. The quantitative estimate of drug-likeness (QED) is 0.126. The van der Waals surface area contributed by atoms with Gasteiger partial charge in [0.15, 0.2) is 0 Å². The molecule has 0 spiro atoms. The van der Waals surface area contributed by atoms with Crippen molar-refractivity contribution in [3.05, 3.63) is 100 Å². The number of aliphatic carboxylic acids is 1. The van der Waals surface area contributed by atoms with E-state index in [1.54, 1.807) is 6.08 Å². The van der Waals surface area contributed by atoms with E-state index in [1.807, 2.05) is 64.1 Å². The van der Waals surface area contributed by atoms with Gasteiger partial charge in [0.2, 0.25) is 0 Å². The molecule has 10 nitrogen and oxygen atoms in total. The number of H-pyrrole nitrogens is 2. The molecule has 0 amide bonds. The summed E-state index contributed by atoms with van der Waals surface area (Å²) < 4.78 is 5.09. The molecule has 10 heteroatoms. The zero-order valence-electron chi connectivity index (χ0n) is 31.9. The Morgan fingerprint density at radius 1 is 1.00 bits per heavy atom. The fraction of sp³-hybridized carbons (Fsp3) is 0.357. The Labute approximate surface area is 307 Å². The summed E-state index contributed by atoms with van der Waals surface area (Å²) in [6, 6.07) is 8.06. The Kier molecular flexibility index (Phi) is 17.2. The summed E-state index contributed by atoms with van der Waals surface area (Å²) in [5.41, 5.74) is 11.8. The molecule has 3 aromatic heterocycles. The third-order valence-corrected chi connectivity index (χ3v) is 8.63. The highest BCUT2D eigenvalue weighted by Gasteiger charge is 2.18. The minimum atomic E-state index is -0.864. The van der Waals surface area contributed by atoms with Crippen molar-refractivity contribution >= 4 is 58.2 Å². The Morgan fingerprint density at radius 2 is 1.65 bits per heavy atom. The summed E-state index contributed by atoms with van der Waals surface area (Å²) in [6.45, 7) is 22.5. The fourth-order valence-electron chi connectivity index (χ4n) is 5.88. The van der Waals surface area contributed by atoms with Crippen LogP contribution in [-0.2, 0) is 32.0 Å². The van der Waals surface area contributed by atoms with Gasteiger partial charge in [-0.2, -0.15) is 0 Å². The Bertz CT molecular complexity index is 1980. The van der Waals surface area contributed by atoms with Gasteiger partial charge in [0.25, 0.3) is 6.47 Å². The van der Waals surface area contributed by atoms with Crippen molar-refractivity contribution in [1.82, 2.24) is 19.9 Å². The molecule has 0 radical (unpaired) electrons. The summed E-state index contributed by atoms with van der Waals surface area (Å²) >= 11 is 0. The smallest absolute Gasteiger partial charge is 0.333 e. The SMILES string of the molecule is C=Cc1c(C)c2cc3nc(cc4[nH]c(cc(C(=C)CCC)nc(CC)cc1[nH]2)c(CCC(=O)O)c4C)C(C)C/C(C(=O)OC)=C\C=C\3.CC.O=CO. The van der Waals surface area contributed by atoms with Gasteiger partial charge in [0, 0.05) is 56.9 Å². The number of hydrogen-bond donors (Lipinski definition) is 4. The third kappa shape index (κ3) is 11.2. The lowest BCUT2D eigenvalue weighted by Crippen LogP contribution is -2.08. The van der Waals surface area contributed by atoms with Crippen LogP contribution >= 0.6 is 0 Å². The molecule has 4 heterocycles. The van der Waals surface area contributed by atoms with Crippen molar-refractivity contribution in [2.75, 3.05) is 7.11 Å². The number of rotatable bonds is 9. The number of nitrogens with zero attached hydrogens (tertiary/aromatic N) is 2. The summed E-state index contributed by atoms with van der Waals surface area (Å²) in [4.78, 5) is 50.2. The molecule has 0 fully saturated rings. The van der Waals surface area contributed by atoms with Gasteiger partial charge in [0.05, 0.1) is 18.5 Å². The molecular weight excluding hydrogens is 656 g/mol. The van der Waals surface area contributed by atoms with Gasteiger partial charge in [-0.25, -0.2) is 4.79 Å². The average molecular weight is 711 g/mol. The molecule has 0 aromatic carbocycles. The molecule has 278 valence electrons. The lowest BCUT2D eigenvalue weighted by molar-refractivity contribution is -0.137. The first-order chi connectivity index (χ1) is 24.9. The van der Waals surface area contributed by atoms with E-state index in [2.05, 4.69) is 50.0 Å². The van der Waals surface area contributed by atoms with Crippen LogP contribution in [0.15, 0.2) is 55.1 Å². The molecule has 1 unspecified atom stereocenters. The van der Waals surface area contributed by atoms with Crippen molar-refractivity contribution in [2.24, 2.45) is 0 Å². The van der Waals surface area contributed by atoms with Crippen molar-refractivity contribution in [2.45, 2.75) is 92.9 Å². The van der Waals surface area contributed by atoms with E-state index < -0.39 is 5.97 Å². The number of fused-ring (bicyclic) bond motifs is 6. The molecule has 0 saturated carbocycles. The molecule has 3 aromatic rings. The number of allylic oxidation sites excluding steroid dienone is 3. The molecule has 0 aliphatic carbocycles. The van der Waals surface area contributed by atoms with Gasteiger partial charge in [-0.15, -0.1) is 0 Å². The number of hydrogen-bond acceptors (Lipinski definition) is 6. The number of carbonyl (C=O) groups is 3. The zero-order valence-corrected chi connectivity index (χ0v) is 31.9. The van der Waals surface area contributed by atoms with E-state index in [0.717, 1.165) is 79.8 Å². The van der Waals surface area contributed by atoms with Crippen LogP contribution in [0, 0.1) is 13.8 Å². The largest absolute Gasteiger partial charge is 0.483 e. The van der Waals surface area contributed by atoms with Crippen molar-refractivity contribution < 1.29 is 29.3 Å². The van der Waals surface area contributed by atoms with Gasteiger partial charge in [0.1, 0.15) is 0 Å². The lowest BCUT2D eigenvalue weighted by atomic mass is 9.97. The second kappa shape index (κ2) is 21.0. The predicted molar refractivity (Wildman–Crippen MR) is 212 cm³/mol. The van der Waals surface area contributed by atoms with E-state index >= 15 is 0 Å². The number of methoxy groups -OCH3 is 1. The summed E-state index contributed by atoms with van der Waals surface area (Å²) in [5.74, 6) is -1.40. The van der Waals surface area contributed by atoms with Crippen molar-refractivity contribution in [3.63, 3.8) is 0 Å². The van der Waals surface area contributed by atoms with E-state index in [4.69, 9.17) is 24.6 Å². The summed E-state index contributed by atoms with van der Waals surface area (Å²) in [5, 5.41) is 16.5. The number of ether oxygens (including phenoxy) is 1. The predicted octanol–water partition coefficient (Wildman–Crippen LogP) is 9.69. The molecule has 1 aliphatic heterocycles. The normalized spacial score (nSPS) is 14.5. The van der Waals surface area contributed by atoms with Crippen LogP contribution in [0.4, 0.5) is 0 Å². The number of carboxylic acids is 1. The van der Waals surface area contributed by atoms with E-state index in [0.29, 0.717) is 30.5 Å². The number of aryl methyl sites for hydroxylation is 4. The molecular formula is C42H54N4O6. The highest BCUT2D eigenvalue weighted by atomic mass is 16.5. The van der Waals surface area contributed by atoms with E-state index in [-0.39, 0.29) is 24.8 Å². The number of aromatic amines is 2. The lowest BCUT2D eigenvalue weighted by Gasteiger charge is -2.11. The Morgan fingerprint density at radius 3 is 2.25 bits per heavy atom. The second-order valence-corrected chi connectivity index (χ2v) is 12.1. The number of aromatic nitrogens is 4. The van der Waals surface area contributed by atoms with Gasteiger partial charge in [-0.3, -0.25) is 19.6 Å². The second-order valence-electron chi connectivity index (χ2n) is 12.1. The van der Waals surface area contributed by atoms with Gasteiger partial charge < -0.3 is 24.9 Å². The van der Waals surface area contributed by atoms with Crippen molar-refractivity contribution in [3.8, 4) is 0 Å². The van der Waals surface area contributed by atoms with Crippen LogP contribution in [0.3, 0.4) is 0 Å². The number of nitrogens with one attached hydrogen (secondary N) is 2. The molecule has 4 rings (SSSR count). The number of carboxylic acid groups (broad SMARTS) is 2. The first-order valence-electron chi connectivity index (χ1n) is 17.7. The maximum absolute atomic E-state index is 12.7. The molecule has 4 N–H and O–H groups in total. The van der Waals surface area contributed by atoms with Gasteiger partial charge in [-0.1, -0.05) is 72.4 Å². The van der Waals surface area contributed by atoms with Crippen LogP contribution in [0.25, 0.3) is 39.8 Å². The van der Waals surface area contributed by atoms with Crippen molar-refractivity contribution in [1.29, 1.82) is 0 Å². The fourth-order valence-corrected chi connectivity index (χ4v) is 5.88. The van der Waals surface area contributed by atoms with Gasteiger partial charge in [-0.05, 0) is 92.1 Å². The molecule has 1 aliphatic rings. The van der Waals surface area contributed by atoms with Crippen LogP contribution in [0.1, 0.15) is 111 Å². The topological polar surface area (TPSA) is 158 Å². The van der Waals surface area contributed by atoms with Crippen LogP contribution in [0.5, 0.6) is 0 Å². The van der Waals surface area contributed by atoms with Crippen LogP contribution in [0.2, 0.25) is 0 Å². The minimum Gasteiger partial charge on any atom is -0.483 e. The first-order valence-corrected chi connectivity index (χ1v) is 17.7. The van der Waals surface area contributed by atoms with Crippen LogP contribution < -0.4 is 0 Å². The van der Waals surface area contributed by atoms with E-state index in [1.165, 1.54) is 7.11 Å². The Hall–Kier alpha value is -5.51. The van der Waals surface area contributed by atoms with Gasteiger partial charge >= 0.3 is 11.9 Å². The molecule has 0 saturated heterocycles.